The summed E-state index contributed by atoms with van der Waals surface area (Å²) in [5.74, 6) is -1.72. The van der Waals surface area contributed by atoms with E-state index in [0.717, 1.165) is 44.9 Å². The van der Waals surface area contributed by atoms with Gasteiger partial charge >= 0.3 is 5.97 Å². The first-order valence-corrected chi connectivity index (χ1v) is 18.7. The lowest BCUT2D eigenvalue weighted by atomic mass is 9.41. The van der Waals surface area contributed by atoms with Gasteiger partial charge in [-0.3, -0.25) is 4.79 Å². The Morgan fingerprint density at radius 1 is 0.917 bits per heavy atom. The molecule has 5 saturated carbocycles. The molecule has 2 heterocycles. The minimum absolute atomic E-state index is 0.0534. The maximum absolute atomic E-state index is 12.7. The lowest BCUT2D eigenvalue weighted by molar-refractivity contribution is -0.340. The number of esters is 1. The lowest BCUT2D eigenvalue weighted by Gasteiger charge is -2.63. The topological polar surface area (TPSA) is 155 Å². The molecule has 10 nitrogen and oxygen atoms in total. The largest absolute Gasteiger partial charge is 0.459 e. The Bertz CT molecular complexity index is 1300. The van der Waals surface area contributed by atoms with Crippen molar-refractivity contribution < 1.29 is 49.3 Å². The predicted octanol–water partition coefficient (Wildman–Crippen LogP) is 3.92. The van der Waals surface area contributed by atoms with Crippen molar-refractivity contribution in [1.82, 2.24) is 0 Å². The number of hydrogen-bond acceptors (Lipinski definition) is 10. The van der Waals surface area contributed by atoms with Crippen LogP contribution >= 0.6 is 0 Å². The van der Waals surface area contributed by atoms with Crippen molar-refractivity contribution in [2.75, 3.05) is 6.61 Å². The van der Waals surface area contributed by atoms with Crippen LogP contribution in [0.25, 0.3) is 0 Å². The highest BCUT2D eigenvalue weighted by Gasteiger charge is 2.86. The molecule has 5 N–H and O–H groups in total. The molecule has 0 aromatic heterocycles. The fraction of sp³-hybridized carbons (Fsp3) is 0.974. The van der Waals surface area contributed by atoms with E-state index in [1.807, 2.05) is 20.8 Å². The summed E-state index contributed by atoms with van der Waals surface area (Å²) in [6.45, 7) is 18.7. The maximum atomic E-state index is 12.7. The molecular formula is C38H62O10. The van der Waals surface area contributed by atoms with Crippen molar-refractivity contribution in [3.05, 3.63) is 0 Å². The van der Waals surface area contributed by atoms with Crippen LogP contribution in [0.3, 0.4) is 0 Å². The highest BCUT2D eigenvalue weighted by Crippen LogP contribution is 2.89. The van der Waals surface area contributed by atoms with Crippen LogP contribution < -0.4 is 0 Å². The average Bonchev–Trinajstić information content (AvgIpc) is 3.62. The Morgan fingerprint density at radius 2 is 1.56 bits per heavy atom. The van der Waals surface area contributed by atoms with Crippen molar-refractivity contribution in [2.45, 2.75) is 168 Å². The summed E-state index contributed by atoms with van der Waals surface area (Å²) in [6, 6.07) is 0. The normalized spacial score (nSPS) is 56.1. The molecule has 4 unspecified atom stereocenters. The van der Waals surface area contributed by atoms with Gasteiger partial charge in [0.25, 0.3) is 0 Å². The third-order valence-electron chi connectivity index (χ3n) is 16.0. The number of aliphatic hydroxyl groups excluding tert-OH is 4. The van der Waals surface area contributed by atoms with E-state index in [4.69, 9.17) is 18.9 Å². The van der Waals surface area contributed by atoms with Crippen LogP contribution in [0.2, 0.25) is 0 Å². The number of fused-ring (bicyclic) bond motifs is 4. The summed E-state index contributed by atoms with van der Waals surface area (Å²) in [5, 5.41) is 56.1. The molecule has 0 radical (unpaired) electrons. The van der Waals surface area contributed by atoms with Gasteiger partial charge in [0.2, 0.25) is 0 Å². The summed E-state index contributed by atoms with van der Waals surface area (Å²) < 4.78 is 24.7. The SMILES string of the molecule is CC(=O)O[C@@H](C1C[C@@H](C)[C@H]2[C@@](O)(O1)[C@H](O)[C@@]1(C)C3CC[C@H]4C(C)(C)[C@@H](O[C@@H]5OCC(O)[C@H](O)[C@H]5O)CCC45C[C@@]35CC[C@]21C)C(C)(C)C. The highest BCUT2D eigenvalue weighted by molar-refractivity contribution is 5.66. The second-order valence-corrected chi connectivity index (χ2v) is 19.5. The van der Waals surface area contributed by atoms with E-state index in [0.29, 0.717) is 12.3 Å². The lowest BCUT2D eigenvalue weighted by Crippen LogP contribution is -2.61. The standard InChI is InChI=1S/C38H62O10/c1-19-16-22(29(32(3,4)5)46-20(2)39)48-38(44)28(19)34(8)14-15-37-18-36(37)13-12-25(47-30-27(42)26(41)21(40)17-45-30)33(6,7)23(36)10-11-24(37)35(34,9)31(38)43/h19,21-31,40-44H,10-18H2,1-9H3/t19-,21?,22?,23+,24?,25+,26+,27-,28-,29+,30+,31-,34-,35-,36?,37+,38-/m1/s1. The molecule has 0 amide bonds. The first-order chi connectivity index (χ1) is 22.1. The Kier molecular flexibility index (Phi) is 8.03. The first-order valence-electron chi connectivity index (χ1n) is 18.7. The van der Waals surface area contributed by atoms with Crippen LogP contribution in [0.15, 0.2) is 0 Å². The van der Waals surface area contributed by atoms with Crippen molar-refractivity contribution in [1.29, 1.82) is 0 Å². The fourth-order valence-corrected chi connectivity index (χ4v) is 14.0. The molecule has 2 spiro atoms. The van der Waals surface area contributed by atoms with E-state index in [2.05, 4.69) is 34.6 Å². The Balaban J connectivity index is 1.17. The number of carbonyl (C=O) groups excluding carboxylic acids is 1. The van der Waals surface area contributed by atoms with Gasteiger partial charge in [-0.2, -0.15) is 0 Å². The summed E-state index contributed by atoms with van der Waals surface area (Å²) in [7, 11) is 0. The quantitative estimate of drug-likeness (QED) is 0.218. The molecule has 7 aliphatic rings. The van der Waals surface area contributed by atoms with Gasteiger partial charge in [-0.25, -0.2) is 0 Å². The third kappa shape index (κ3) is 4.42. The van der Waals surface area contributed by atoms with Gasteiger partial charge in [-0.05, 0) is 90.8 Å². The minimum atomic E-state index is -1.75. The Labute approximate surface area is 286 Å². The van der Waals surface area contributed by atoms with E-state index in [1.54, 1.807) is 0 Å². The van der Waals surface area contributed by atoms with Crippen LogP contribution in [0.1, 0.15) is 114 Å². The van der Waals surface area contributed by atoms with Gasteiger partial charge in [0.1, 0.15) is 30.5 Å². The molecule has 0 aromatic rings. The zero-order valence-corrected chi connectivity index (χ0v) is 30.6. The van der Waals surface area contributed by atoms with Crippen LogP contribution in [-0.2, 0) is 23.7 Å². The van der Waals surface area contributed by atoms with Crippen LogP contribution in [-0.4, -0.2) is 92.9 Å². The molecular weight excluding hydrogens is 616 g/mol. The van der Waals surface area contributed by atoms with Gasteiger partial charge in [0, 0.05) is 23.7 Å². The zero-order valence-electron chi connectivity index (χ0n) is 30.6. The molecule has 48 heavy (non-hydrogen) atoms. The molecule has 10 heteroatoms. The molecule has 2 saturated heterocycles. The van der Waals surface area contributed by atoms with Gasteiger partial charge in [0.05, 0.1) is 18.8 Å². The second-order valence-electron chi connectivity index (χ2n) is 19.5. The molecule has 17 atom stereocenters. The number of rotatable bonds is 4. The third-order valence-corrected chi connectivity index (χ3v) is 16.0. The van der Waals surface area contributed by atoms with Crippen molar-refractivity contribution >= 4 is 5.97 Å². The van der Waals surface area contributed by atoms with Gasteiger partial charge in [-0.1, -0.05) is 55.4 Å². The van der Waals surface area contributed by atoms with Crippen molar-refractivity contribution in [3.8, 4) is 0 Å². The first kappa shape index (κ1) is 35.5. The molecule has 7 rings (SSSR count). The van der Waals surface area contributed by atoms with Crippen LogP contribution in [0.4, 0.5) is 0 Å². The second kappa shape index (κ2) is 10.8. The van der Waals surface area contributed by atoms with Crippen LogP contribution in [0, 0.1) is 56.2 Å². The summed E-state index contributed by atoms with van der Waals surface area (Å²) in [6.07, 6.45) is 0.354. The Morgan fingerprint density at radius 3 is 2.21 bits per heavy atom. The maximum Gasteiger partial charge on any atom is 0.303 e. The monoisotopic (exact) mass is 678 g/mol. The number of hydrogen-bond donors (Lipinski definition) is 5. The molecule has 5 aliphatic carbocycles. The number of aliphatic hydroxyl groups is 5. The Hall–Kier alpha value is -0.850. The highest BCUT2D eigenvalue weighted by atomic mass is 16.7. The summed E-state index contributed by atoms with van der Waals surface area (Å²) in [4.78, 5) is 12.2. The van der Waals surface area contributed by atoms with Gasteiger partial charge in [-0.15, -0.1) is 0 Å². The van der Waals surface area contributed by atoms with Gasteiger partial charge in [0.15, 0.2) is 12.1 Å². The van der Waals surface area contributed by atoms with E-state index in [1.165, 1.54) is 6.92 Å². The van der Waals surface area contributed by atoms with E-state index in [9.17, 15) is 30.3 Å². The fourth-order valence-electron chi connectivity index (χ4n) is 14.0. The smallest absolute Gasteiger partial charge is 0.303 e. The van der Waals surface area contributed by atoms with E-state index >= 15 is 0 Å². The minimum Gasteiger partial charge on any atom is -0.459 e. The molecule has 0 bridgehead atoms. The molecule has 274 valence electrons. The van der Waals surface area contributed by atoms with E-state index in [-0.39, 0.29) is 58.1 Å². The van der Waals surface area contributed by atoms with Gasteiger partial charge < -0.3 is 44.5 Å². The summed E-state index contributed by atoms with van der Waals surface area (Å²) >= 11 is 0. The van der Waals surface area contributed by atoms with Crippen LogP contribution in [0.5, 0.6) is 0 Å². The molecule has 0 aromatic carbocycles. The van der Waals surface area contributed by atoms with Crippen molar-refractivity contribution in [3.63, 3.8) is 0 Å². The van der Waals surface area contributed by atoms with E-state index < -0.39 is 59.5 Å². The number of ether oxygens (including phenoxy) is 4. The van der Waals surface area contributed by atoms with Crippen molar-refractivity contribution in [2.24, 2.45) is 56.2 Å². The summed E-state index contributed by atoms with van der Waals surface area (Å²) in [5.41, 5.74) is -1.37. The molecule has 7 fully saturated rings. The average molecular weight is 679 g/mol. The number of carbonyl (C=O) groups is 1. The molecule has 2 aliphatic heterocycles. The zero-order chi connectivity index (χ0) is 35.2. The predicted molar refractivity (Wildman–Crippen MR) is 175 cm³/mol.